The highest BCUT2D eigenvalue weighted by Crippen LogP contribution is 2.31. The maximum atomic E-state index is 12.3. The van der Waals surface area contributed by atoms with Crippen molar-refractivity contribution in [3.05, 3.63) is 0 Å². The fourth-order valence-electron chi connectivity index (χ4n) is 2.96. The summed E-state index contributed by atoms with van der Waals surface area (Å²) < 4.78 is 5.52. The number of hydrogen-bond acceptors (Lipinski definition) is 4. The van der Waals surface area contributed by atoms with Crippen molar-refractivity contribution in [2.24, 2.45) is 0 Å². The zero-order chi connectivity index (χ0) is 13.3. The summed E-state index contributed by atoms with van der Waals surface area (Å²) >= 11 is 0. The number of nitrogens with zero attached hydrogens (tertiary/aromatic N) is 1. The van der Waals surface area contributed by atoms with E-state index in [0.29, 0.717) is 12.1 Å². The van der Waals surface area contributed by atoms with Gasteiger partial charge in [0.25, 0.3) is 0 Å². The van der Waals surface area contributed by atoms with E-state index in [0.717, 1.165) is 25.9 Å². The Labute approximate surface area is 109 Å². The molecule has 0 aliphatic carbocycles. The van der Waals surface area contributed by atoms with E-state index in [1.54, 1.807) is 0 Å². The molecule has 2 N–H and O–H groups in total. The molecule has 2 rings (SSSR count). The van der Waals surface area contributed by atoms with Crippen molar-refractivity contribution in [3.63, 3.8) is 0 Å². The molecule has 0 aromatic carbocycles. The number of amides is 1. The minimum Gasteiger partial charge on any atom is -0.444 e. The van der Waals surface area contributed by atoms with Gasteiger partial charge in [-0.1, -0.05) is 0 Å². The molecular weight excluding hydrogens is 230 g/mol. The van der Waals surface area contributed by atoms with E-state index in [4.69, 9.17) is 4.74 Å². The monoisotopic (exact) mass is 255 g/mol. The number of ether oxygens (including phenoxy) is 1. The molecule has 5 nitrogen and oxygen atoms in total. The Kier molecular flexibility index (Phi) is 3.82. The smallest absolute Gasteiger partial charge is 0.410 e. The molecule has 18 heavy (non-hydrogen) atoms. The van der Waals surface area contributed by atoms with E-state index in [1.807, 2.05) is 32.7 Å². The van der Waals surface area contributed by atoms with Crippen LogP contribution in [0.15, 0.2) is 0 Å². The number of hydrogen-bond donors (Lipinski definition) is 2. The first-order chi connectivity index (χ1) is 8.42. The molecule has 0 aromatic rings. The van der Waals surface area contributed by atoms with Gasteiger partial charge in [-0.05, 0) is 40.7 Å². The van der Waals surface area contributed by atoms with Crippen LogP contribution in [0.1, 0.15) is 33.6 Å². The number of nitrogens with one attached hydrogen (secondary N) is 2. The van der Waals surface area contributed by atoms with Crippen LogP contribution in [0.4, 0.5) is 4.79 Å². The topological polar surface area (TPSA) is 53.6 Å². The molecule has 2 fully saturated rings. The highest BCUT2D eigenvalue weighted by atomic mass is 16.6. The minimum atomic E-state index is -0.417. The van der Waals surface area contributed by atoms with Gasteiger partial charge in [0, 0.05) is 25.2 Å². The van der Waals surface area contributed by atoms with E-state index in [1.165, 1.54) is 0 Å². The summed E-state index contributed by atoms with van der Waals surface area (Å²) in [6.07, 6.45) is 2.00. The van der Waals surface area contributed by atoms with E-state index < -0.39 is 5.60 Å². The van der Waals surface area contributed by atoms with Gasteiger partial charge in [-0.25, -0.2) is 4.79 Å². The lowest BCUT2D eigenvalue weighted by Gasteiger charge is -2.41. The molecule has 0 radical (unpaired) electrons. The Morgan fingerprint density at radius 1 is 1.44 bits per heavy atom. The average Bonchev–Trinajstić information content (AvgIpc) is 2.56. The lowest BCUT2D eigenvalue weighted by atomic mass is 10.1. The molecule has 2 saturated heterocycles. The fourth-order valence-corrected chi connectivity index (χ4v) is 2.96. The number of likely N-dealkylation sites (N-methyl/N-ethyl adjacent to an activating group) is 1. The molecule has 2 aliphatic rings. The first-order valence-corrected chi connectivity index (χ1v) is 6.81. The molecule has 2 aliphatic heterocycles. The van der Waals surface area contributed by atoms with Crippen LogP contribution in [0, 0.1) is 0 Å². The summed E-state index contributed by atoms with van der Waals surface area (Å²) in [5, 5.41) is 6.70. The van der Waals surface area contributed by atoms with Gasteiger partial charge in [-0.2, -0.15) is 0 Å². The standard InChI is InChI=1S/C13H25N3O2/c1-13(2,3)18-12(17)16-9-5-6-11(16)10(8-14-4)15-7-9/h9-11,14-15H,5-8H2,1-4H3/t9-,10+,11+/m0/s1. The highest BCUT2D eigenvalue weighted by molar-refractivity contribution is 5.70. The molecule has 2 heterocycles. The summed E-state index contributed by atoms with van der Waals surface area (Å²) in [4.78, 5) is 14.2. The third-order valence-electron chi connectivity index (χ3n) is 3.65. The van der Waals surface area contributed by atoms with E-state index in [2.05, 4.69) is 10.6 Å². The second kappa shape index (κ2) is 5.05. The van der Waals surface area contributed by atoms with Crippen LogP contribution < -0.4 is 10.6 Å². The second-order valence-electron chi connectivity index (χ2n) is 6.26. The van der Waals surface area contributed by atoms with Gasteiger partial charge < -0.3 is 15.4 Å². The SMILES string of the molecule is CNC[C@H]1NC[C@@H]2CC[C@H]1N2C(=O)OC(C)(C)C. The number of rotatable bonds is 2. The Bertz CT molecular complexity index is 314. The van der Waals surface area contributed by atoms with Crippen molar-refractivity contribution >= 4 is 6.09 Å². The van der Waals surface area contributed by atoms with Gasteiger partial charge in [0.2, 0.25) is 0 Å². The lowest BCUT2D eigenvalue weighted by molar-refractivity contribution is 0.00437. The Morgan fingerprint density at radius 2 is 2.17 bits per heavy atom. The molecule has 1 amide bonds. The molecule has 5 heteroatoms. The van der Waals surface area contributed by atoms with Crippen LogP contribution in [0.5, 0.6) is 0 Å². The third kappa shape index (κ3) is 2.78. The predicted molar refractivity (Wildman–Crippen MR) is 70.6 cm³/mol. The van der Waals surface area contributed by atoms with Crippen molar-refractivity contribution in [1.82, 2.24) is 15.5 Å². The largest absolute Gasteiger partial charge is 0.444 e. The van der Waals surface area contributed by atoms with E-state index >= 15 is 0 Å². The maximum Gasteiger partial charge on any atom is 0.410 e. The van der Waals surface area contributed by atoms with Crippen LogP contribution in [0.3, 0.4) is 0 Å². The van der Waals surface area contributed by atoms with E-state index in [-0.39, 0.29) is 12.1 Å². The van der Waals surface area contributed by atoms with Gasteiger partial charge in [0.1, 0.15) is 5.60 Å². The molecule has 0 spiro atoms. The number of carbonyl (C=O) groups excluding carboxylic acids is 1. The molecule has 3 atom stereocenters. The summed E-state index contributed by atoms with van der Waals surface area (Å²) in [6.45, 7) is 7.51. The maximum absolute atomic E-state index is 12.3. The molecule has 2 bridgehead atoms. The zero-order valence-electron chi connectivity index (χ0n) is 11.8. The number of carbonyl (C=O) groups is 1. The summed E-state index contributed by atoms with van der Waals surface area (Å²) in [7, 11) is 1.94. The minimum absolute atomic E-state index is 0.155. The predicted octanol–water partition coefficient (Wildman–Crippen LogP) is 0.946. The van der Waals surface area contributed by atoms with Crippen molar-refractivity contribution in [2.75, 3.05) is 20.1 Å². The summed E-state index contributed by atoms with van der Waals surface area (Å²) in [6, 6.07) is 0.908. The second-order valence-corrected chi connectivity index (χ2v) is 6.26. The summed E-state index contributed by atoms with van der Waals surface area (Å²) in [5.41, 5.74) is -0.417. The van der Waals surface area contributed by atoms with Gasteiger partial charge >= 0.3 is 6.09 Å². The zero-order valence-corrected chi connectivity index (χ0v) is 11.8. The van der Waals surface area contributed by atoms with Gasteiger partial charge in [-0.15, -0.1) is 0 Å². The Balaban J connectivity index is 2.05. The quantitative estimate of drug-likeness (QED) is 0.771. The van der Waals surface area contributed by atoms with Crippen molar-refractivity contribution in [1.29, 1.82) is 0 Å². The van der Waals surface area contributed by atoms with Crippen LogP contribution >= 0.6 is 0 Å². The van der Waals surface area contributed by atoms with Crippen LogP contribution in [0.25, 0.3) is 0 Å². The highest BCUT2D eigenvalue weighted by Gasteiger charge is 2.45. The molecular formula is C13H25N3O2. The van der Waals surface area contributed by atoms with Crippen LogP contribution in [0.2, 0.25) is 0 Å². The molecule has 0 saturated carbocycles. The lowest BCUT2D eigenvalue weighted by Crippen LogP contribution is -2.62. The van der Waals surface area contributed by atoms with Crippen LogP contribution in [-0.2, 0) is 4.74 Å². The van der Waals surface area contributed by atoms with Crippen LogP contribution in [-0.4, -0.2) is 54.9 Å². The third-order valence-corrected chi connectivity index (χ3v) is 3.65. The van der Waals surface area contributed by atoms with Crippen molar-refractivity contribution in [3.8, 4) is 0 Å². The normalized spacial score (nSPS) is 31.6. The molecule has 0 aromatic heterocycles. The molecule has 0 unspecified atom stereocenters. The Hall–Kier alpha value is -0.810. The van der Waals surface area contributed by atoms with Gasteiger partial charge in [-0.3, -0.25) is 4.90 Å². The molecule has 104 valence electrons. The van der Waals surface area contributed by atoms with Crippen molar-refractivity contribution < 1.29 is 9.53 Å². The average molecular weight is 255 g/mol. The van der Waals surface area contributed by atoms with Gasteiger partial charge in [0.15, 0.2) is 0 Å². The number of fused-ring (bicyclic) bond motifs is 2. The fraction of sp³-hybridized carbons (Fsp3) is 0.923. The Morgan fingerprint density at radius 3 is 2.78 bits per heavy atom. The summed E-state index contributed by atoms with van der Waals surface area (Å²) in [5.74, 6) is 0. The van der Waals surface area contributed by atoms with Gasteiger partial charge in [0.05, 0.1) is 6.04 Å². The first-order valence-electron chi connectivity index (χ1n) is 6.81. The van der Waals surface area contributed by atoms with E-state index in [9.17, 15) is 4.79 Å². The van der Waals surface area contributed by atoms with Crippen molar-refractivity contribution in [2.45, 2.75) is 57.3 Å². The number of piperazine rings is 1. The first kappa shape index (κ1) is 13.6.